The van der Waals surface area contributed by atoms with Gasteiger partial charge in [0.05, 0.1) is 5.75 Å². The van der Waals surface area contributed by atoms with E-state index in [-0.39, 0.29) is 17.6 Å². The van der Waals surface area contributed by atoms with Crippen LogP contribution in [-0.2, 0) is 31.9 Å². The third kappa shape index (κ3) is 9.91. The molecule has 0 spiro atoms. The van der Waals surface area contributed by atoms with E-state index in [0.29, 0.717) is 36.4 Å². The molecule has 3 atom stereocenters. The zero-order valence-corrected chi connectivity index (χ0v) is 22.1. The Kier molecular flexibility index (Phi) is 11.6. The highest BCUT2D eigenvalue weighted by molar-refractivity contribution is 7.98. The van der Waals surface area contributed by atoms with Crippen molar-refractivity contribution < 1.29 is 18.0 Å². The second-order valence-electron chi connectivity index (χ2n) is 8.53. The van der Waals surface area contributed by atoms with Crippen LogP contribution < -0.4 is 21.1 Å². The standard InChI is InChI=1S/C25H36N4O4S2/c1-4-18(2)23(29-35(32,33)17-20-8-6-5-7-9-20)25(31)28-22(14-15-34-3)24(30)27-16-19-10-12-21(26)13-11-19/h5-13,18,22-23,29H,4,14-17,26H2,1-3H3,(H,27,30)(H,28,31)/t18?,22-,23+/m0/s1. The number of benzene rings is 2. The first kappa shape index (κ1) is 28.7. The third-order valence-corrected chi connectivity index (χ3v) is 7.66. The normalized spacial score (nSPS) is 14.0. The van der Waals surface area contributed by atoms with E-state index in [0.717, 1.165) is 5.56 Å². The van der Waals surface area contributed by atoms with Crippen molar-refractivity contribution in [1.82, 2.24) is 15.4 Å². The number of hydrogen-bond acceptors (Lipinski definition) is 6. The Morgan fingerprint density at radius 1 is 1.00 bits per heavy atom. The molecule has 2 aromatic rings. The van der Waals surface area contributed by atoms with Crippen molar-refractivity contribution in [3.05, 3.63) is 65.7 Å². The first-order valence-electron chi connectivity index (χ1n) is 11.6. The molecule has 0 saturated heterocycles. The predicted molar refractivity (Wildman–Crippen MR) is 143 cm³/mol. The number of nitrogen functional groups attached to an aromatic ring is 1. The van der Waals surface area contributed by atoms with E-state index < -0.39 is 28.0 Å². The molecule has 0 heterocycles. The van der Waals surface area contributed by atoms with E-state index in [9.17, 15) is 18.0 Å². The average Bonchev–Trinajstić information content (AvgIpc) is 2.84. The first-order valence-corrected chi connectivity index (χ1v) is 14.6. The van der Waals surface area contributed by atoms with Crippen LogP contribution in [-0.4, -0.2) is 44.3 Å². The lowest BCUT2D eigenvalue weighted by molar-refractivity contribution is -0.130. The summed E-state index contributed by atoms with van der Waals surface area (Å²) in [5.41, 5.74) is 7.85. The molecule has 0 bridgehead atoms. The Balaban J connectivity index is 2.10. The van der Waals surface area contributed by atoms with E-state index in [1.807, 2.05) is 38.3 Å². The summed E-state index contributed by atoms with van der Waals surface area (Å²) in [4.78, 5) is 26.1. The van der Waals surface area contributed by atoms with Gasteiger partial charge < -0.3 is 16.4 Å². The van der Waals surface area contributed by atoms with Crippen LogP contribution in [0.4, 0.5) is 5.69 Å². The molecule has 8 nitrogen and oxygen atoms in total. The summed E-state index contributed by atoms with van der Waals surface area (Å²) in [6, 6.07) is 14.2. The van der Waals surface area contributed by atoms with Crippen molar-refractivity contribution in [3.8, 4) is 0 Å². The molecule has 2 rings (SSSR count). The van der Waals surface area contributed by atoms with Gasteiger partial charge in [0.25, 0.3) is 0 Å². The van der Waals surface area contributed by atoms with Gasteiger partial charge in [-0.05, 0) is 47.6 Å². The van der Waals surface area contributed by atoms with Crippen LogP contribution in [0, 0.1) is 5.92 Å². The highest BCUT2D eigenvalue weighted by Crippen LogP contribution is 2.13. The second-order valence-corrected chi connectivity index (χ2v) is 11.3. The van der Waals surface area contributed by atoms with Gasteiger partial charge in [0.15, 0.2) is 0 Å². The summed E-state index contributed by atoms with van der Waals surface area (Å²) >= 11 is 1.56. The Morgan fingerprint density at radius 3 is 2.26 bits per heavy atom. The molecular weight excluding hydrogens is 484 g/mol. The van der Waals surface area contributed by atoms with Crippen LogP contribution in [0.1, 0.15) is 37.8 Å². The molecule has 0 aliphatic heterocycles. The number of nitrogens with two attached hydrogens (primary N) is 1. The largest absolute Gasteiger partial charge is 0.399 e. The molecule has 2 aromatic carbocycles. The highest BCUT2D eigenvalue weighted by atomic mass is 32.2. The van der Waals surface area contributed by atoms with Crippen LogP contribution in [0.25, 0.3) is 0 Å². The minimum atomic E-state index is -3.78. The molecule has 192 valence electrons. The lowest BCUT2D eigenvalue weighted by Gasteiger charge is -2.26. The molecule has 0 fully saturated rings. The van der Waals surface area contributed by atoms with E-state index in [4.69, 9.17) is 5.73 Å². The number of hydrogen-bond donors (Lipinski definition) is 4. The van der Waals surface area contributed by atoms with Gasteiger partial charge in [0, 0.05) is 12.2 Å². The fourth-order valence-corrected chi connectivity index (χ4v) is 5.32. The van der Waals surface area contributed by atoms with Crippen LogP contribution in [0.5, 0.6) is 0 Å². The molecule has 0 aliphatic rings. The van der Waals surface area contributed by atoms with Gasteiger partial charge in [-0.15, -0.1) is 0 Å². The average molecular weight is 521 g/mol. The van der Waals surface area contributed by atoms with Crippen molar-refractivity contribution in [1.29, 1.82) is 0 Å². The molecule has 2 amide bonds. The third-order valence-electron chi connectivity index (χ3n) is 5.69. The Bertz CT molecular complexity index is 1050. The number of amides is 2. The minimum absolute atomic E-state index is 0.230. The second kappa shape index (κ2) is 14.1. The van der Waals surface area contributed by atoms with Gasteiger partial charge in [-0.3, -0.25) is 9.59 Å². The molecule has 0 radical (unpaired) electrons. The maximum Gasteiger partial charge on any atom is 0.242 e. The van der Waals surface area contributed by atoms with Gasteiger partial charge in [-0.25, -0.2) is 13.1 Å². The van der Waals surface area contributed by atoms with Gasteiger partial charge in [0.2, 0.25) is 21.8 Å². The molecule has 10 heteroatoms. The molecule has 0 saturated carbocycles. The fraction of sp³-hybridized carbons (Fsp3) is 0.440. The first-order chi connectivity index (χ1) is 16.6. The van der Waals surface area contributed by atoms with Gasteiger partial charge in [-0.1, -0.05) is 62.7 Å². The number of nitrogens with one attached hydrogen (secondary N) is 3. The number of anilines is 1. The molecule has 0 aliphatic carbocycles. The lowest BCUT2D eigenvalue weighted by Crippen LogP contribution is -2.55. The Morgan fingerprint density at radius 2 is 1.66 bits per heavy atom. The SMILES string of the molecule is CCC(C)[C@@H](NS(=O)(=O)Cc1ccccc1)C(=O)N[C@@H](CCSC)C(=O)NCc1ccc(N)cc1. The zero-order chi connectivity index (χ0) is 25.8. The van der Waals surface area contributed by atoms with Crippen molar-refractivity contribution in [2.45, 2.75) is 51.1 Å². The predicted octanol–water partition coefficient (Wildman–Crippen LogP) is 2.66. The maximum absolute atomic E-state index is 13.2. The number of thioether (sulfide) groups is 1. The zero-order valence-electron chi connectivity index (χ0n) is 20.5. The molecule has 35 heavy (non-hydrogen) atoms. The smallest absolute Gasteiger partial charge is 0.242 e. The molecule has 0 aromatic heterocycles. The summed E-state index contributed by atoms with van der Waals surface area (Å²) in [6.45, 7) is 4.00. The minimum Gasteiger partial charge on any atom is -0.399 e. The molecule has 5 N–H and O–H groups in total. The van der Waals surface area contributed by atoms with Crippen LogP contribution in [0.2, 0.25) is 0 Å². The van der Waals surface area contributed by atoms with E-state index in [1.165, 1.54) is 0 Å². The topological polar surface area (TPSA) is 130 Å². The van der Waals surface area contributed by atoms with Crippen molar-refractivity contribution in [2.75, 3.05) is 17.7 Å². The molecular formula is C25H36N4O4S2. The Hall–Kier alpha value is -2.56. The van der Waals surface area contributed by atoms with Gasteiger partial charge in [-0.2, -0.15) is 11.8 Å². The van der Waals surface area contributed by atoms with Crippen molar-refractivity contribution in [3.63, 3.8) is 0 Å². The van der Waals surface area contributed by atoms with Crippen LogP contribution in [0.15, 0.2) is 54.6 Å². The van der Waals surface area contributed by atoms with Gasteiger partial charge >= 0.3 is 0 Å². The van der Waals surface area contributed by atoms with E-state index in [1.54, 1.807) is 48.2 Å². The van der Waals surface area contributed by atoms with Crippen LogP contribution in [0.3, 0.4) is 0 Å². The maximum atomic E-state index is 13.2. The van der Waals surface area contributed by atoms with Gasteiger partial charge in [0.1, 0.15) is 12.1 Å². The van der Waals surface area contributed by atoms with E-state index >= 15 is 0 Å². The number of carbonyl (C=O) groups is 2. The Labute approximate surface area is 212 Å². The highest BCUT2D eigenvalue weighted by Gasteiger charge is 2.31. The monoisotopic (exact) mass is 520 g/mol. The summed E-state index contributed by atoms with van der Waals surface area (Å²) in [7, 11) is -3.78. The van der Waals surface area contributed by atoms with E-state index in [2.05, 4.69) is 15.4 Å². The fourth-order valence-electron chi connectivity index (χ4n) is 3.41. The quantitative estimate of drug-likeness (QED) is 0.283. The number of carbonyl (C=O) groups excluding carboxylic acids is 2. The van der Waals surface area contributed by atoms with Crippen LogP contribution >= 0.6 is 11.8 Å². The molecule has 1 unspecified atom stereocenters. The summed E-state index contributed by atoms with van der Waals surface area (Å²) in [5.74, 6) is -0.663. The number of sulfonamides is 1. The number of rotatable bonds is 14. The van der Waals surface area contributed by atoms with Crippen molar-refractivity contribution in [2.24, 2.45) is 5.92 Å². The summed E-state index contributed by atoms with van der Waals surface area (Å²) in [6.07, 6.45) is 2.93. The summed E-state index contributed by atoms with van der Waals surface area (Å²) < 4.78 is 28.2. The van der Waals surface area contributed by atoms with Crippen molar-refractivity contribution >= 4 is 39.3 Å². The summed E-state index contributed by atoms with van der Waals surface area (Å²) in [5, 5.41) is 5.64. The lowest BCUT2D eigenvalue weighted by atomic mass is 9.99.